The molecule has 23 nitrogen and oxygen atoms in total. The summed E-state index contributed by atoms with van der Waals surface area (Å²) in [6.45, 7) is 18.0. The predicted molar refractivity (Wildman–Crippen MR) is 265 cm³/mol. The molecule has 23 N–H and O–H groups in total. The fourth-order valence-electron chi connectivity index (χ4n) is 7.77. The molecule has 0 aromatic carbocycles. The highest BCUT2D eigenvalue weighted by atomic mass is 16.5. The largest absolute Gasteiger partial charge is 0.389 e. The van der Waals surface area contributed by atoms with Crippen molar-refractivity contribution in [1.29, 1.82) is 0 Å². The van der Waals surface area contributed by atoms with Crippen LogP contribution in [0, 0.1) is 17.3 Å². The monoisotopic (exact) mass is 955 g/mol. The van der Waals surface area contributed by atoms with E-state index in [9.17, 15) is 15.3 Å². The highest BCUT2D eigenvalue weighted by Gasteiger charge is 2.35. The lowest BCUT2D eigenvalue weighted by atomic mass is 9.76. The lowest BCUT2D eigenvalue weighted by molar-refractivity contribution is -0.130. The molecule has 66 heavy (non-hydrogen) atoms. The number of nitrogens with two attached hydrogens (primary N) is 8. The number of hydrogen-bond acceptors (Lipinski definition) is 23. The normalized spacial score (nSPS) is 16.4. The Morgan fingerprint density at radius 1 is 0.439 bits per heavy atom. The maximum absolute atomic E-state index is 11.0. The van der Waals surface area contributed by atoms with E-state index in [2.05, 4.69) is 36.0 Å². The molecule has 1 aliphatic rings. The van der Waals surface area contributed by atoms with Crippen LogP contribution >= 0.6 is 0 Å². The number of hydrazine groups is 1. The molecular formula is C43H102N16O7. The van der Waals surface area contributed by atoms with Crippen molar-refractivity contribution in [1.82, 2.24) is 41.0 Å². The van der Waals surface area contributed by atoms with Gasteiger partial charge in [0.15, 0.2) is 0 Å². The number of hydrogen-bond donors (Lipinski definition) is 15. The van der Waals surface area contributed by atoms with Crippen molar-refractivity contribution in [3.05, 3.63) is 0 Å². The molecule has 0 bridgehead atoms. The topological polar surface area (TPSA) is 367 Å². The molecule has 0 aromatic rings. The lowest BCUT2D eigenvalue weighted by Gasteiger charge is -2.37. The Morgan fingerprint density at radius 2 is 0.758 bits per heavy atom. The molecule has 4 unspecified atom stereocenters. The summed E-state index contributed by atoms with van der Waals surface area (Å²) in [5.74, 6) is 6.80. The lowest BCUT2D eigenvalue weighted by Crippen LogP contribution is -2.46. The Kier molecular flexibility index (Phi) is 41.0. The quantitative estimate of drug-likeness (QED) is 0.0153. The van der Waals surface area contributed by atoms with Gasteiger partial charge in [-0.25, -0.2) is 5.01 Å². The van der Waals surface area contributed by atoms with Crippen LogP contribution in [-0.2, 0) is 18.9 Å². The Balaban J connectivity index is 3.10. The minimum Gasteiger partial charge on any atom is -0.389 e. The molecule has 1 saturated carbocycles. The van der Waals surface area contributed by atoms with Crippen LogP contribution in [0.25, 0.3) is 0 Å². The molecule has 0 radical (unpaired) electrons. The van der Waals surface area contributed by atoms with Crippen molar-refractivity contribution < 1.29 is 34.3 Å². The SMILES string of the molecule is NCCN(N)CCNCC(O)COCC(COCC(O)CNCCN(CCN)CCN)(COCC(O)CNCCN(CCN)CCN)COCC(CNCCN(CCN)CCN)C1CCC1. The van der Waals surface area contributed by atoms with E-state index in [-0.39, 0.29) is 46.2 Å². The molecule has 0 spiro atoms. The molecule has 1 aliphatic carbocycles. The maximum Gasteiger partial charge on any atom is 0.0897 e. The number of aliphatic hydroxyl groups excluding tert-OH is 3. The summed E-state index contributed by atoms with van der Waals surface area (Å²) >= 11 is 0. The molecule has 4 atom stereocenters. The number of nitrogens with zero attached hydrogens (tertiary/aromatic N) is 4. The Bertz CT molecular complexity index is 1000. The van der Waals surface area contributed by atoms with Crippen LogP contribution in [-0.4, -0.2) is 276 Å². The summed E-state index contributed by atoms with van der Waals surface area (Å²) in [7, 11) is 0. The van der Waals surface area contributed by atoms with Crippen molar-refractivity contribution in [3.63, 3.8) is 0 Å². The van der Waals surface area contributed by atoms with Crippen molar-refractivity contribution in [3.8, 4) is 0 Å². The zero-order valence-corrected chi connectivity index (χ0v) is 40.9. The third-order valence-electron chi connectivity index (χ3n) is 11.7. The minimum absolute atomic E-state index is 0.0551. The van der Waals surface area contributed by atoms with E-state index in [4.69, 9.17) is 64.9 Å². The second-order valence-corrected chi connectivity index (χ2v) is 17.9. The van der Waals surface area contributed by atoms with Crippen LogP contribution in [0.4, 0.5) is 0 Å². The van der Waals surface area contributed by atoms with Crippen LogP contribution < -0.4 is 67.2 Å². The van der Waals surface area contributed by atoms with Crippen LogP contribution in [0.3, 0.4) is 0 Å². The standard InChI is InChI=1S/C43H102N16O7/c44-4-15-56(16-5-45)22-11-52-26-39(38-2-1-3-38)30-63-34-43(37-66-33-42(62)29-55-14-25-59(51)21-10-50,35-64-31-40(60)27-53-12-23-57(17-6-46)18-7-47)36-65-32-41(61)28-54-13-24-58(19-8-48)20-9-49/h38-42,52-55,60-62H,1-37,44-51H2. The summed E-state index contributed by atoms with van der Waals surface area (Å²) in [4.78, 5) is 6.65. The summed E-state index contributed by atoms with van der Waals surface area (Å²) in [5, 5.41) is 47.9. The zero-order valence-electron chi connectivity index (χ0n) is 40.9. The van der Waals surface area contributed by atoms with E-state index < -0.39 is 23.7 Å². The van der Waals surface area contributed by atoms with E-state index in [0.717, 1.165) is 72.0 Å². The third-order valence-corrected chi connectivity index (χ3v) is 11.7. The molecule has 0 saturated heterocycles. The second-order valence-electron chi connectivity index (χ2n) is 17.9. The molecule has 396 valence electrons. The third kappa shape index (κ3) is 32.8. The zero-order chi connectivity index (χ0) is 48.5. The van der Waals surface area contributed by atoms with E-state index in [0.29, 0.717) is 117 Å². The van der Waals surface area contributed by atoms with Crippen LogP contribution in [0.1, 0.15) is 19.3 Å². The average molecular weight is 955 g/mol. The highest BCUT2D eigenvalue weighted by molar-refractivity contribution is 4.83. The van der Waals surface area contributed by atoms with Gasteiger partial charge in [0.05, 0.1) is 76.6 Å². The van der Waals surface area contributed by atoms with Gasteiger partial charge in [0.2, 0.25) is 0 Å². The van der Waals surface area contributed by atoms with E-state index in [1.807, 2.05) is 0 Å². The molecule has 23 heteroatoms. The first-order chi connectivity index (χ1) is 32.1. The van der Waals surface area contributed by atoms with Gasteiger partial charge in [-0.3, -0.25) is 20.5 Å². The summed E-state index contributed by atoms with van der Waals surface area (Å²) < 4.78 is 25.4. The summed E-state index contributed by atoms with van der Waals surface area (Å²) in [6, 6.07) is 0. The van der Waals surface area contributed by atoms with Gasteiger partial charge in [0.1, 0.15) is 0 Å². The van der Waals surface area contributed by atoms with Crippen LogP contribution in [0.5, 0.6) is 0 Å². The number of rotatable bonds is 51. The second kappa shape index (κ2) is 42.9. The van der Waals surface area contributed by atoms with E-state index in [1.54, 1.807) is 5.01 Å². The van der Waals surface area contributed by atoms with Crippen molar-refractivity contribution >= 4 is 0 Å². The van der Waals surface area contributed by atoms with Gasteiger partial charge >= 0.3 is 0 Å². The number of nitrogens with one attached hydrogen (secondary N) is 4. The fourth-order valence-corrected chi connectivity index (χ4v) is 7.77. The van der Waals surface area contributed by atoms with Crippen LogP contribution in [0.2, 0.25) is 0 Å². The van der Waals surface area contributed by atoms with Crippen molar-refractivity contribution in [2.24, 2.45) is 63.2 Å². The van der Waals surface area contributed by atoms with Gasteiger partial charge in [-0.05, 0) is 11.8 Å². The Hall–Kier alpha value is -0.920. The fraction of sp³-hybridized carbons (Fsp3) is 1.00. The summed E-state index contributed by atoms with van der Waals surface area (Å²) in [5.41, 5.74) is 39.5. The molecule has 0 heterocycles. The number of aliphatic hydroxyl groups is 3. The molecule has 1 fully saturated rings. The van der Waals surface area contributed by atoms with E-state index >= 15 is 0 Å². The molecule has 1 rings (SSSR count). The molecule has 0 aromatic heterocycles. The first kappa shape index (κ1) is 63.1. The first-order valence-electron chi connectivity index (χ1n) is 24.8. The average Bonchev–Trinajstić information content (AvgIpc) is 3.26. The smallest absolute Gasteiger partial charge is 0.0897 e. The number of ether oxygens (including phenoxy) is 4. The predicted octanol–water partition coefficient (Wildman–Crippen LogP) is -7.31. The van der Waals surface area contributed by atoms with Crippen molar-refractivity contribution in [2.45, 2.75) is 37.6 Å². The van der Waals surface area contributed by atoms with Gasteiger partial charge < -0.3 is 95.7 Å². The minimum atomic E-state index is -0.839. The van der Waals surface area contributed by atoms with Crippen LogP contribution in [0.15, 0.2) is 0 Å². The van der Waals surface area contributed by atoms with Gasteiger partial charge in [-0.2, -0.15) is 0 Å². The highest BCUT2D eigenvalue weighted by Crippen LogP contribution is 2.34. The summed E-state index contributed by atoms with van der Waals surface area (Å²) in [6.07, 6.45) is 1.21. The van der Waals surface area contributed by atoms with Gasteiger partial charge in [0, 0.05) is 170 Å². The van der Waals surface area contributed by atoms with Crippen molar-refractivity contribution in [2.75, 3.05) is 223 Å². The van der Waals surface area contributed by atoms with E-state index in [1.165, 1.54) is 19.3 Å². The molecule has 0 aliphatic heterocycles. The van der Waals surface area contributed by atoms with Gasteiger partial charge in [-0.15, -0.1) is 0 Å². The first-order valence-corrected chi connectivity index (χ1v) is 24.8. The molecular weight excluding hydrogens is 853 g/mol. The Labute approximate surface area is 398 Å². The Morgan fingerprint density at radius 3 is 1.08 bits per heavy atom. The van der Waals surface area contributed by atoms with Gasteiger partial charge in [0.25, 0.3) is 0 Å². The molecule has 0 amide bonds. The van der Waals surface area contributed by atoms with Gasteiger partial charge in [-0.1, -0.05) is 19.3 Å². The maximum atomic E-state index is 11.0.